The third-order valence-corrected chi connectivity index (χ3v) is 3.49. The van der Waals surface area contributed by atoms with E-state index in [4.69, 9.17) is 0 Å². The lowest BCUT2D eigenvalue weighted by atomic mass is 10.2. The van der Waals surface area contributed by atoms with Gasteiger partial charge in [0.1, 0.15) is 17.4 Å². The van der Waals surface area contributed by atoms with Crippen molar-refractivity contribution in [2.45, 2.75) is 12.9 Å². The summed E-state index contributed by atoms with van der Waals surface area (Å²) in [5, 5.41) is 13.1. The summed E-state index contributed by atoms with van der Waals surface area (Å²) in [6.07, 6.45) is -4.93. The Morgan fingerprint density at radius 3 is 2.50 bits per heavy atom. The van der Waals surface area contributed by atoms with E-state index in [2.05, 4.69) is 9.84 Å². The number of ether oxygens (including phenoxy) is 1. The zero-order valence-corrected chi connectivity index (χ0v) is 12.7. The molecule has 0 aliphatic carbocycles. The van der Waals surface area contributed by atoms with Gasteiger partial charge in [0.2, 0.25) is 0 Å². The van der Waals surface area contributed by atoms with Crippen LogP contribution in [-0.4, -0.2) is 27.2 Å². The number of carbonyl (C=O) groups is 1. The molecule has 0 aliphatic rings. The van der Waals surface area contributed by atoms with Crippen LogP contribution in [0, 0.1) is 11.6 Å². The van der Waals surface area contributed by atoms with Crippen molar-refractivity contribution in [1.29, 1.82) is 0 Å². The molecule has 2 aromatic carbocycles. The summed E-state index contributed by atoms with van der Waals surface area (Å²) in [5.74, 6) is -3.68. The van der Waals surface area contributed by atoms with Crippen molar-refractivity contribution in [2.75, 3.05) is 0 Å². The molecule has 1 heterocycles. The van der Waals surface area contributed by atoms with Crippen LogP contribution >= 0.6 is 0 Å². The first-order valence-electron chi connectivity index (χ1n) is 7.07. The van der Waals surface area contributed by atoms with Gasteiger partial charge in [-0.3, -0.25) is 4.68 Å². The van der Waals surface area contributed by atoms with E-state index in [1.54, 1.807) is 0 Å². The number of alkyl halides is 3. The van der Waals surface area contributed by atoms with Crippen molar-refractivity contribution in [2.24, 2.45) is 0 Å². The first-order valence-corrected chi connectivity index (χ1v) is 7.07. The molecule has 26 heavy (non-hydrogen) atoms. The smallest absolute Gasteiger partial charge is 0.476 e. The van der Waals surface area contributed by atoms with Gasteiger partial charge in [0.25, 0.3) is 0 Å². The van der Waals surface area contributed by atoms with E-state index in [1.807, 2.05) is 0 Å². The molecule has 0 aliphatic heterocycles. The molecule has 0 atom stereocenters. The molecule has 0 radical (unpaired) electrons. The topological polar surface area (TPSA) is 64.3 Å². The van der Waals surface area contributed by atoms with Gasteiger partial charge in [-0.05, 0) is 18.2 Å². The summed E-state index contributed by atoms with van der Waals surface area (Å²) < 4.78 is 68.8. The summed E-state index contributed by atoms with van der Waals surface area (Å²) in [4.78, 5) is 11.3. The highest BCUT2D eigenvalue weighted by molar-refractivity contribution is 6.01. The molecule has 3 rings (SSSR count). The lowest BCUT2D eigenvalue weighted by Gasteiger charge is -2.10. The lowest BCUT2D eigenvalue weighted by molar-refractivity contribution is -0.274. The fourth-order valence-electron chi connectivity index (χ4n) is 2.44. The molecule has 1 aromatic heterocycles. The van der Waals surface area contributed by atoms with Crippen LogP contribution in [0.3, 0.4) is 0 Å². The van der Waals surface area contributed by atoms with Gasteiger partial charge in [-0.2, -0.15) is 5.10 Å². The predicted molar refractivity (Wildman–Crippen MR) is 78.8 cm³/mol. The molecule has 0 bridgehead atoms. The fraction of sp³-hybridized carbons (Fsp3) is 0.125. The minimum atomic E-state index is -4.93. The molecule has 0 fully saturated rings. The van der Waals surface area contributed by atoms with E-state index in [9.17, 15) is 31.9 Å². The Balaban J connectivity index is 2.10. The van der Waals surface area contributed by atoms with Gasteiger partial charge in [-0.15, -0.1) is 13.2 Å². The van der Waals surface area contributed by atoms with Crippen LogP contribution < -0.4 is 4.74 Å². The lowest BCUT2D eigenvalue weighted by Crippen LogP contribution is -2.17. The Morgan fingerprint density at radius 2 is 1.88 bits per heavy atom. The number of hydrogen-bond donors (Lipinski definition) is 1. The van der Waals surface area contributed by atoms with Crippen LogP contribution in [0.4, 0.5) is 22.0 Å². The van der Waals surface area contributed by atoms with Gasteiger partial charge in [0.05, 0.1) is 12.1 Å². The SMILES string of the molecule is O=C(O)c1nn(Cc2ccc(F)cc2F)c2cc(OC(F)(F)F)ccc12. The molecule has 10 heteroatoms. The highest BCUT2D eigenvalue weighted by atomic mass is 19.4. The average molecular weight is 372 g/mol. The molecular formula is C16H9F5N2O3. The third kappa shape index (κ3) is 3.58. The van der Waals surface area contributed by atoms with Crippen molar-refractivity contribution in [3.05, 3.63) is 59.3 Å². The first-order chi connectivity index (χ1) is 12.1. The van der Waals surface area contributed by atoms with Crippen molar-refractivity contribution in [1.82, 2.24) is 9.78 Å². The maximum absolute atomic E-state index is 13.8. The van der Waals surface area contributed by atoms with Crippen LogP contribution in [0.1, 0.15) is 16.1 Å². The molecule has 3 aromatic rings. The number of hydrogen-bond acceptors (Lipinski definition) is 3. The van der Waals surface area contributed by atoms with Gasteiger partial charge in [0.15, 0.2) is 5.69 Å². The number of halogens is 5. The number of carboxylic acid groups (broad SMARTS) is 1. The Kier molecular flexibility index (Phi) is 4.26. The quantitative estimate of drug-likeness (QED) is 0.704. The number of carboxylic acids is 1. The number of rotatable bonds is 4. The van der Waals surface area contributed by atoms with E-state index < -0.39 is 35.4 Å². The molecule has 136 valence electrons. The molecule has 0 saturated heterocycles. The second kappa shape index (κ2) is 6.28. The maximum atomic E-state index is 13.8. The van der Waals surface area contributed by atoms with Gasteiger partial charge < -0.3 is 9.84 Å². The number of nitrogens with zero attached hydrogens (tertiary/aromatic N) is 2. The van der Waals surface area contributed by atoms with E-state index in [1.165, 1.54) is 0 Å². The van der Waals surface area contributed by atoms with Crippen molar-refractivity contribution in [3.8, 4) is 5.75 Å². The second-order valence-electron chi connectivity index (χ2n) is 5.27. The largest absolute Gasteiger partial charge is 0.573 e. The Bertz CT molecular complexity index is 997. The Morgan fingerprint density at radius 1 is 1.15 bits per heavy atom. The van der Waals surface area contributed by atoms with Gasteiger partial charge in [0, 0.05) is 23.1 Å². The van der Waals surface area contributed by atoms with Gasteiger partial charge >= 0.3 is 12.3 Å². The minimum Gasteiger partial charge on any atom is -0.476 e. The molecule has 5 nitrogen and oxygen atoms in total. The summed E-state index contributed by atoms with van der Waals surface area (Å²) in [6.45, 7) is -0.314. The monoisotopic (exact) mass is 372 g/mol. The number of benzene rings is 2. The van der Waals surface area contributed by atoms with Crippen LogP contribution in [0.15, 0.2) is 36.4 Å². The summed E-state index contributed by atoms with van der Waals surface area (Å²) in [7, 11) is 0. The maximum Gasteiger partial charge on any atom is 0.573 e. The minimum absolute atomic E-state index is 0.00660. The third-order valence-electron chi connectivity index (χ3n) is 3.49. The summed E-state index contributed by atoms with van der Waals surface area (Å²) in [6, 6.07) is 5.78. The Hall–Kier alpha value is -3.17. The van der Waals surface area contributed by atoms with E-state index >= 15 is 0 Å². The van der Waals surface area contributed by atoms with Crippen molar-refractivity contribution < 1.29 is 36.6 Å². The predicted octanol–water partition coefficient (Wildman–Crippen LogP) is 3.96. The second-order valence-corrected chi connectivity index (χ2v) is 5.27. The molecule has 1 N–H and O–H groups in total. The fourth-order valence-corrected chi connectivity index (χ4v) is 2.44. The van der Waals surface area contributed by atoms with Gasteiger partial charge in [-0.1, -0.05) is 6.07 Å². The normalized spacial score (nSPS) is 11.7. The highest BCUT2D eigenvalue weighted by Crippen LogP contribution is 2.29. The molecule has 0 saturated carbocycles. The van der Waals surface area contributed by atoms with Crippen LogP contribution in [-0.2, 0) is 6.54 Å². The van der Waals surface area contributed by atoms with Crippen LogP contribution in [0.5, 0.6) is 5.75 Å². The van der Waals surface area contributed by atoms with E-state index in [0.29, 0.717) is 6.07 Å². The number of fused-ring (bicyclic) bond motifs is 1. The van der Waals surface area contributed by atoms with Crippen molar-refractivity contribution in [3.63, 3.8) is 0 Å². The summed E-state index contributed by atoms with van der Waals surface area (Å²) >= 11 is 0. The zero-order chi connectivity index (χ0) is 19.1. The molecular weight excluding hydrogens is 363 g/mol. The first kappa shape index (κ1) is 17.6. The van der Waals surface area contributed by atoms with E-state index in [-0.39, 0.29) is 23.0 Å². The number of aromatic nitrogens is 2. The van der Waals surface area contributed by atoms with Crippen LogP contribution in [0.2, 0.25) is 0 Å². The highest BCUT2D eigenvalue weighted by Gasteiger charge is 2.31. The van der Waals surface area contributed by atoms with E-state index in [0.717, 1.165) is 35.0 Å². The Labute approximate surface area is 142 Å². The average Bonchev–Trinajstić information content (AvgIpc) is 2.87. The number of aromatic carboxylic acids is 1. The standard InChI is InChI=1S/C16H9F5N2O3/c17-9-2-1-8(12(18)5-9)7-23-13-6-10(26-16(19,20)21)3-4-11(13)14(22-23)15(24)25/h1-6H,7H2,(H,24,25). The molecule has 0 spiro atoms. The molecule has 0 unspecified atom stereocenters. The summed E-state index contributed by atoms with van der Waals surface area (Å²) in [5.41, 5.74) is -0.441. The zero-order valence-electron chi connectivity index (χ0n) is 12.7. The van der Waals surface area contributed by atoms with Gasteiger partial charge in [-0.25, -0.2) is 13.6 Å². The van der Waals surface area contributed by atoms with Crippen molar-refractivity contribution >= 4 is 16.9 Å². The van der Waals surface area contributed by atoms with Crippen LogP contribution in [0.25, 0.3) is 10.9 Å². The molecule has 0 amide bonds.